The van der Waals surface area contributed by atoms with E-state index in [0.29, 0.717) is 6.04 Å². The van der Waals surface area contributed by atoms with Gasteiger partial charge in [-0.15, -0.1) is 0 Å². The zero-order valence-corrected chi connectivity index (χ0v) is 8.88. The van der Waals surface area contributed by atoms with E-state index in [-0.39, 0.29) is 6.61 Å². The molecule has 0 radical (unpaired) electrons. The molecule has 0 heterocycles. The molecule has 0 amide bonds. The number of aliphatic hydroxyl groups excluding tert-OH is 1. The van der Waals surface area contributed by atoms with Gasteiger partial charge in [-0.25, -0.2) is 0 Å². The van der Waals surface area contributed by atoms with Crippen molar-refractivity contribution >= 4 is 0 Å². The Kier molecular flexibility index (Phi) is 9.87. The summed E-state index contributed by atoms with van der Waals surface area (Å²) in [5, 5.41) is 12.1. The summed E-state index contributed by atoms with van der Waals surface area (Å²) in [5.74, 6) is 0. The molecule has 80 valence electrons. The van der Waals surface area contributed by atoms with Gasteiger partial charge in [0.1, 0.15) is 0 Å². The molecule has 0 aliphatic rings. The van der Waals surface area contributed by atoms with Crippen LogP contribution >= 0.6 is 0 Å². The second kappa shape index (κ2) is 9.96. The highest BCUT2D eigenvalue weighted by Crippen LogP contribution is 1.95. The van der Waals surface area contributed by atoms with Crippen molar-refractivity contribution in [3.8, 4) is 0 Å². The summed E-state index contributed by atoms with van der Waals surface area (Å²) in [4.78, 5) is 0. The predicted molar refractivity (Wildman–Crippen MR) is 54.9 cm³/mol. The van der Waals surface area contributed by atoms with Gasteiger partial charge < -0.3 is 15.2 Å². The minimum absolute atomic E-state index is 0.265. The van der Waals surface area contributed by atoms with Crippen LogP contribution in [0.4, 0.5) is 0 Å². The minimum Gasteiger partial charge on any atom is -0.396 e. The molecule has 0 rings (SSSR count). The van der Waals surface area contributed by atoms with E-state index in [1.165, 1.54) is 0 Å². The minimum atomic E-state index is 0.265. The van der Waals surface area contributed by atoms with Gasteiger partial charge in [-0.05, 0) is 19.3 Å². The molecule has 0 aromatic heterocycles. The zero-order chi connectivity index (χ0) is 9.94. The largest absolute Gasteiger partial charge is 0.396 e. The van der Waals surface area contributed by atoms with Gasteiger partial charge >= 0.3 is 0 Å². The van der Waals surface area contributed by atoms with E-state index >= 15 is 0 Å². The van der Waals surface area contributed by atoms with Crippen molar-refractivity contribution in [1.29, 1.82) is 0 Å². The van der Waals surface area contributed by atoms with Crippen LogP contribution in [-0.4, -0.2) is 37.5 Å². The van der Waals surface area contributed by atoms with Crippen LogP contribution in [0.5, 0.6) is 0 Å². The first-order valence-electron chi connectivity index (χ1n) is 5.27. The molecular weight excluding hydrogens is 166 g/mol. The average molecular weight is 189 g/mol. The van der Waals surface area contributed by atoms with Crippen LogP contribution in [0.3, 0.4) is 0 Å². The summed E-state index contributed by atoms with van der Waals surface area (Å²) in [6, 6.07) is 0.440. The van der Waals surface area contributed by atoms with Crippen molar-refractivity contribution in [2.45, 2.75) is 39.2 Å². The summed E-state index contributed by atoms with van der Waals surface area (Å²) in [6.07, 6.45) is 2.98. The Balaban J connectivity index is 3.17. The molecule has 0 aromatic carbocycles. The molecule has 2 N–H and O–H groups in total. The van der Waals surface area contributed by atoms with E-state index in [0.717, 1.165) is 39.0 Å². The highest BCUT2D eigenvalue weighted by molar-refractivity contribution is 4.63. The first-order valence-corrected chi connectivity index (χ1v) is 5.27. The number of nitrogens with one attached hydrogen (secondary N) is 1. The van der Waals surface area contributed by atoms with Crippen LogP contribution in [-0.2, 0) is 4.74 Å². The molecule has 1 atom stereocenters. The predicted octanol–water partition coefficient (Wildman–Crippen LogP) is 1.16. The molecule has 3 heteroatoms. The Labute approximate surface area is 81.5 Å². The smallest absolute Gasteiger partial charge is 0.0590 e. The Hall–Kier alpha value is -0.120. The Morgan fingerprint density at radius 3 is 2.62 bits per heavy atom. The standard InChI is InChI=1S/C10H23NO2/c1-3-8-13-9-6-11-10(4-2)5-7-12/h10-12H,3-9H2,1-2H3. The molecule has 0 fully saturated rings. The van der Waals surface area contributed by atoms with E-state index in [9.17, 15) is 0 Å². The summed E-state index contributed by atoms with van der Waals surface area (Å²) in [5.41, 5.74) is 0. The molecule has 0 saturated carbocycles. The normalized spacial score (nSPS) is 13.2. The lowest BCUT2D eigenvalue weighted by molar-refractivity contribution is 0.132. The van der Waals surface area contributed by atoms with Crippen molar-refractivity contribution in [3.63, 3.8) is 0 Å². The lowest BCUT2D eigenvalue weighted by Gasteiger charge is -2.15. The maximum absolute atomic E-state index is 8.74. The van der Waals surface area contributed by atoms with Crippen LogP contribution in [0.15, 0.2) is 0 Å². The molecule has 0 aliphatic heterocycles. The molecule has 13 heavy (non-hydrogen) atoms. The van der Waals surface area contributed by atoms with Crippen molar-refractivity contribution in [2.75, 3.05) is 26.4 Å². The fourth-order valence-corrected chi connectivity index (χ4v) is 1.19. The first-order chi connectivity index (χ1) is 6.35. The van der Waals surface area contributed by atoms with Crippen molar-refractivity contribution in [2.24, 2.45) is 0 Å². The molecule has 0 aliphatic carbocycles. The van der Waals surface area contributed by atoms with Crippen LogP contribution in [0, 0.1) is 0 Å². The highest BCUT2D eigenvalue weighted by Gasteiger charge is 2.02. The monoisotopic (exact) mass is 189 g/mol. The van der Waals surface area contributed by atoms with Crippen LogP contribution < -0.4 is 5.32 Å². The third-order valence-corrected chi connectivity index (χ3v) is 2.00. The van der Waals surface area contributed by atoms with Crippen molar-refractivity contribution < 1.29 is 9.84 Å². The third-order valence-electron chi connectivity index (χ3n) is 2.00. The van der Waals surface area contributed by atoms with Gasteiger partial charge in [-0.3, -0.25) is 0 Å². The Morgan fingerprint density at radius 2 is 2.08 bits per heavy atom. The highest BCUT2D eigenvalue weighted by atomic mass is 16.5. The second-order valence-corrected chi connectivity index (χ2v) is 3.18. The van der Waals surface area contributed by atoms with E-state index in [1.54, 1.807) is 0 Å². The van der Waals surface area contributed by atoms with Gasteiger partial charge in [0.15, 0.2) is 0 Å². The topological polar surface area (TPSA) is 41.5 Å². The van der Waals surface area contributed by atoms with Crippen molar-refractivity contribution in [1.82, 2.24) is 5.32 Å². The Morgan fingerprint density at radius 1 is 1.31 bits per heavy atom. The summed E-state index contributed by atoms with van der Waals surface area (Å²) >= 11 is 0. The average Bonchev–Trinajstić information content (AvgIpc) is 2.16. The summed E-state index contributed by atoms with van der Waals surface area (Å²) < 4.78 is 5.33. The maximum Gasteiger partial charge on any atom is 0.0590 e. The molecule has 1 unspecified atom stereocenters. The van der Waals surface area contributed by atoms with Gasteiger partial charge in [0.25, 0.3) is 0 Å². The quantitative estimate of drug-likeness (QED) is 0.535. The van der Waals surface area contributed by atoms with E-state index in [4.69, 9.17) is 9.84 Å². The Bertz CT molecular complexity index is 98.9. The van der Waals surface area contributed by atoms with Crippen molar-refractivity contribution in [3.05, 3.63) is 0 Å². The van der Waals surface area contributed by atoms with E-state index in [1.807, 2.05) is 0 Å². The van der Waals surface area contributed by atoms with Gasteiger partial charge in [0, 0.05) is 25.8 Å². The first kappa shape index (κ1) is 12.9. The number of ether oxygens (including phenoxy) is 1. The zero-order valence-electron chi connectivity index (χ0n) is 8.88. The molecule has 0 spiro atoms. The van der Waals surface area contributed by atoms with Crippen LogP contribution in [0.2, 0.25) is 0 Å². The van der Waals surface area contributed by atoms with Gasteiger partial charge in [0.05, 0.1) is 6.61 Å². The number of hydrogen-bond donors (Lipinski definition) is 2. The van der Waals surface area contributed by atoms with E-state index < -0.39 is 0 Å². The SMILES string of the molecule is CCCOCCNC(CC)CCO. The van der Waals surface area contributed by atoms with Crippen LogP contribution in [0.1, 0.15) is 33.1 Å². The molecule has 3 nitrogen and oxygen atoms in total. The molecule has 0 saturated heterocycles. The number of aliphatic hydroxyl groups is 1. The van der Waals surface area contributed by atoms with Crippen LogP contribution in [0.25, 0.3) is 0 Å². The van der Waals surface area contributed by atoms with Gasteiger partial charge in [-0.2, -0.15) is 0 Å². The lowest BCUT2D eigenvalue weighted by atomic mass is 10.1. The summed E-state index contributed by atoms with van der Waals surface area (Å²) in [6.45, 7) is 7.00. The maximum atomic E-state index is 8.74. The van der Waals surface area contributed by atoms with E-state index in [2.05, 4.69) is 19.2 Å². The second-order valence-electron chi connectivity index (χ2n) is 3.18. The molecule has 0 bridgehead atoms. The fraction of sp³-hybridized carbons (Fsp3) is 1.00. The number of rotatable bonds is 9. The fourth-order valence-electron chi connectivity index (χ4n) is 1.19. The third kappa shape index (κ3) is 8.22. The number of hydrogen-bond acceptors (Lipinski definition) is 3. The summed E-state index contributed by atoms with van der Waals surface area (Å²) in [7, 11) is 0. The molecular formula is C10H23NO2. The van der Waals surface area contributed by atoms with Gasteiger partial charge in [-0.1, -0.05) is 13.8 Å². The molecule has 0 aromatic rings. The van der Waals surface area contributed by atoms with Gasteiger partial charge in [0.2, 0.25) is 0 Å². The lowest BCUT2D eigenvalue weighted by Crippen LogP contribution is -2.32.